The van der Waals surface area contributed by atoms with Gasteiger partial charge in [-0.2, -0.15) is 0 Å². The van der Waals surface area contributed by atoms with Crippen LogP contribution in [0.1, 0.15) is 6.42 Å². The Bertz CT molecular complexity index is 417. The van der Waals surface area contributed by atoms with E-state index in [1.54, 1.807) is 0 Å². The van der Waals surface area contributed by atoms with Gasteiger partial charge < -0.3 is 20.1 Å². The maximum Gasteiger partial charge on any atom is 0.248 e. The average Bonchev–Trinajstić information content (AvgIpc) is 2.97. The largest absolute Gasteiger partial charge is 0.491 e. The molecule has 0 radical (unpaired) electrons. The number of carbonyl (C=O) groups is 1. The van der Waals surface area contributed by atoms with Crippen LogP contribution in [0.15, 0.2) is 30.3 Å². The van der Waals surface area contributed by atoms with Gasteiger partial charge in [-0.3, -0.25) is 4.79 Å². The van der Waals surface area contributed by atoms with Crippen molar-refractivity contribution in [2.24, 2.45) is 11.7 Å². The van der Waals surface area contributed by atoms with Gasteiger partial charge in [0.15, 0.2) is 0 Å². The fourth-order valence-corrected chi connectivity index (χ4v) is 2.24. The fourth-order valence-electron chi connectivity index (χ4n) is 2.24. The minimum Gasteiger partial charge on any atom is -0.491 e. The maximum absolute atomic E-state index is 11.9. The molecular weight excluding hydrogens is 292 g/mol. The molecule has 1 aromatic carbocycles. The lowest BCUT2D eigenvalue weighted by atomic mass is 10.1. The van der Waals surface area contributed by atoms with Crippen LogP contribution in [0.5, 0.6) is 5.75 Å². The van der Waals surface area contributed by atoms with Crippen LogP contribution in [-0.4, -0.2) is 50.3 Å². The predicted molar refractivity (Wildman–Crippen MR) is 83.7 cm³/mol. The second kappa shape index (κ2) is 9.60. The van der Waals surface area contributed by atoms with Crippen LogP contribution in [0, 0.1) is 5.92 Å². The van der Waals surface area contributed by atoms with E-state index in [0.717, 1.165) is 25.3 Å². The summed E-state index contributed by atoms with van der Waals surface area (Å²) in [5.41, 5.74) is 5.61. The third-order valence-corrected chi connectivity index (χ3v) is 3.44. The first kappa shape index (κ1) is 17.8. The molecule has 1 saturated heterocycles. The summed E-state index contributed by atoms with van der Waals surface area (Å²) >= 11 is 0. The Kier molecular flexibility index (Phi) is 8.12. The molecule has 1 aromatic rings. The lowest BCUT2D eigenvalue weighted by Gasteiger charge is -2.16. The Morgan fingerprint density at radius 3 is 2.71 bits per heavy atom. The van der Waals surface area contributed by atoms with E-state index in [0.29, 0.717) is 25.7 Å². The van der Waals surface area contributed by atoms with E-state index in [2.05, 4.69) is 0 Å². The Hall–Kier alpha value is -1.30. The van der Waals surface area contributed by atoms with Gasteiger partial charge in [0.25, 0.3) is 0 Å². The smallest absolute Gasteiger partial charge is 0.248 e. The highest BCUT2D eigenvalue weighted by atomic mass is 35.5. The third-order valence-electron chi connectivity index (χ3n) is 3.44. The summed E-state index contributed by atoms with van der Waals surface area (Å²) in [6.07, 6.45) is 0.999. The minimum absolute atomic E-state index is 0. The molecule has 2 rings (SSSR count). The number of para-hydroxylation sites is 1. The first-order valence-electron chi connectivity index (χ1n) is 7.03. The number of nitrogens with zero attached hydrogens (tertiary/aromatic N) is 1. The normalized spacial score (nSPS) is 17.4. The van der Waals surface area contributed by atoms with E-state index in [1.165, 1.54) is 0 Å². The number of ether oxygens (including phenoxy) is 2. The standard InChI is InChI=1S/C15H22N2O3.ClH/c16-10-13-6-7-17(11-13)15(18)12-19-8-9-20-14-4-2-1-3-5-14;/h1-5,13H,6-12,16H2;1H. The van der Waals surface area contributed by atoms with Crippen molar-refractivity contribution in [2.75, 3.05) is 39.5 Å². The van der Waals surface area contributed by atoms with Gasteiger partial charge in [-0.15, -0.1) is 12.4 Å². The van der Waals surface area contributed by atoms with Crippen LogP contribution in [0.2, 0.25) is 0 Å². The summed E-state index contributed by atoms with van der Waals surface area (Å²) in [4.78, 5) is 13.7. The molecule has 0 bridgehead atoms. The van der Waals surface area contributed by atoms with Gasteiger partial charge in [0, 0.05) is 13.1 Å². The van der Waals surface area contributed by atoms with Crippen molar-refractivity contribution >= 4 is 18.3 Å². The second-order valence-electron chi connectivity index (χ2n) is 4.94. The van der Waals surface area contributed by atoms with Gasteiger partial charge in [0.05, 0.1) is 6.61 Å². The SMILES string of the molecule is Cl.NCC1CCN(C(=O)COCCOc2ccccc2)C1. The molecular formula is C15H23ClN2O3. The molecule has 6 heteroatoms. The first-order valence-corrected chi connectivity index (χ1v) is 7.03. The Labute approximate surface area is 131 Å². The quantitative estimate of drug-likeness (QED) is 0.771. The van der Waals surface area contributed by atoms with E-state index < -0.39 is 0 Å². The molecule has 21 heavy (non-hydrogen) atoms. The van der Waals surface area contributed by atoms with Gasteiger partial charge >= 0.3 is 0 Å². The Morgan fingerprint density at radius 1 is 1.29 bits per heavy atom. The van der Waals surface area contributed by atoms with E-state index >= 15 is 0 Å². The van der Waals surface area contributed by atoms with Gasteiger partial charge in [-0.1, -0.05) is 18.2 Å². The summed E-state index contributed by atoms with van der Waals surface area (Å²) in [6, 6.07) is 9.55. The molecule has 0 spiro atoms. The van der Waals surface area contributed by atoms with Crippen molar-refractivity contribution in [3.63, 3.8) is 0 Å². The van der Waals surface area contributed by atoms with Gasteiger partial charge in [0.1, 0.15) is 19.0 Å². The summed E-state index contributed by atoms with van der Waals surface area (Å²) in [5, 5.41) is 0. The summed E-state index contributed by atoms with van der Waals surface area (Å²) in [6.45, 7) is 3.19. The lowest BCUT2D eigenvalue weighted by Crippen LogP contribution is -2.33. The summed E-state index contributed by atoms with van der Waals surface area (Å²) in [5.74, 6) is 1.30. The Morgan fingerprint density at radius 2 is 2.05 bits per heavy atom. The number of hydrogen-bond donors (Lipinski definition) is 1. The number of halogens is 1. The van der Waals surface area contributed by atoms with Gasteiger partial charge in [-0.05, 0) is 31.0 Å². The zero-order chi connectivity index (χ0) is 14.2. The number of rotatable bonds is 7. The van der Waals surface area contributed by atoms with Crippen molar-refractivity contribution in [3.8, 4) is 5.75 Å². The average molecular weight is 315 g/mol. The van der Waals surface area contributed by atoms with E-state index in [4.69, 9.17) is 15.2 Å². The summed E-state index contributed by atoms with van der Waals surface area (Å²) in [7, 11) is 0. The molecule has 118 valence electrons. The van der Waals surface area contributed by atoms with Gasteiger partial charge in [-0.25, -0.2) is 0 Å². The molecule has 1 fully saturated rings. The zero-order valence-corrected chi connectivity index (χ0v) is 12.9. The van der Waals surface area contributed by atoms with E-state index in [9.17, 15) is 4.79 Å². The maximum atomic E-state index is 11.9. The monoisotopic (exact) mass is 314 g/mol. The van der Waals surface area contributed by atoms with Crippen molar-refractivity contribution in [1.82, 2.24) is 4.90 Å². The number of likely N-dealkylation sites (tertiary alicyclic amines) is 1. The van der Waals surface area contributed by atoms with E-state index in [-0.39, 0.29) is 24.9 Å². The molecule has 1 unspecified atom stereocenters. The van der Waals surface area contributed by atoms with Crippen LogP contribution in [-0.2, 0) is 9.53 Å². The van der Waals surface area contributed by atoms with Crippen LogP contribution in [0.3, 0.4) is 0 Å². The zero-order valence-electron chi connectivity index (χ0n) is 12.1. The highest BCUT2D eigenvalue weighted by Gasteiger charge is 2.24. The molecule has 1 atom stereocenters. The van der Waals surface area contributed by atoms with Crippen molar-refractivity contribution in [3.05, 3.63) is 30.3 Å². The van der Waals surface area contributed by atoms with E-state index in [1.807, 2.05) is 35.2 Å². The molecule has 1 amide bonds. The van der Waals surface area contributed by atoms with Crippen LogP contribution < -0.4 is 10.5 Å². The molecule has 0 saturated carbocycles. The van der Waals surface area contributed by atoms with Crippen molar-refractivity contribution in [1.29, 1.82) is 0 Å². The van der Waals surface area contributed by atoms with Crippen molar-refractivity contribution in [2.45, 2.75) is 6.42 Å². The molecule has 0 aliphatic carbocycles. The van der Waals surface area contributed by atoms with Gasteiger partial charge in [0.2, 0.25) is 5.91 Å². The highest BCUT2D eigenvalue weighted by Crippen LogP contribution is 2.14. The minimum atomic E-state index is 0. The molecule has 1 heterocycles. The third kappa shape index (κ3) is 5.91. The Balaban J connectivity index is 0.00000220. The number of nitrogens with two attached hydrogens (primary N) is 1. The van der Waals surface area contributed by atoms with Crippen LogP contribution in [0.25, 0.3) is 0 Å². The van der Waals surface area contributed by atoms with Crippen LogP contribution in [0.4, 0.5) is 0 Å². The van der Waals surface area contributed by atoms with Crippen molar-refractivity contribution < 1.29 is 14.3 Å². The molecule has 1 aliphatic rings. The molecule has 5 nitrogen and oxygen atoms in total. The second-order valence-corrected chi connectivity index (χ2v) is 4.94. The number of benzene rings is 1. The number of carbonyl (C=O) groups excluding carboxylic acids is 1. The lowest BCUT2D eigenvalue weighted by molar-refractivity contribution is -0.135. The molecule has 1 aliphatic heterocycles. The number of amides is 1. The first-order chi connectivity index (χ1) is 9.79. The summed E-state index contributed by atoms with van der Waals surface area (Å²) < 4.78 is 10.8. The molecule has 0 aromatic heterocycles. The highest BCUT2D eigenvalue weighted by molar-refractivity contribution is 5.85. The topological polar surface area (TPSA) is 64.8 Å². The predicted octanol–water partition coefficient (Wildman–Crippen LogP) is 1.31. The number of hydrogen-bond acceptors (Lipinski definition) is 4. The van der Waals surface area contributed by atoms with Crippen LogP contribution >= 0.6 is 12.4 Å². The fraction of sp³-hybridized carbons (Fsp3) is 0.533. The molecule has 2 N–H and O–H groups in total.